The molecule has 2 rings (SSSR count). The molecule has 0 aliphatic heterocycles. The molecule has 144 valence electrons. The Balaban J connectivity index is 2.06. The van der Waals surface area contributed by atoms with Crippen LogP contribution in [0, 0.1) is 15.0 Å². The monoisotopic (exact) mass is 376 g/mol. The number of hydrogen-bond acceptors (Lipinski definition) is 5. The van der Waals surface area contributed by atoms with E-state index in [4.69, 9.17) is 15.7 Å². The summed E-state index contributed by atoms with van der Waals surface area (Å²) in [5.74, 6) is 0. The highest BCUT2D eigenvalue weighted by atomic mass is 16.6. The van der Waals surface area contributed by atoms with Crippen LogP contribution in [0.1, 0.15) is 24.8 Å². The zero-order valence-electron chi connectivity index (χ0n) is 15.0. The van der Waals surface area contributed by atoms with Crippen LogP contribution >= 0.6 is 0 Å². The fraction of sp³-hybridized carbons (Fsp3) is 0.389. The largest absolute Gasteiger partial charge is 0.381 e. The Labute approximate surface area is 156 Å². The predicted molar refractivity (Wildman–Crippen MR) is 97.1 cm³/mol. The minimum atomic E-state index is -0.586. The third-order valence-electron chi connectivity index (χ3n) is 4.01. The fourth-order valence-corrected chi connectivity index (χ4v) is 2.65. The average molecular weight is 376 g/mol. The number of ether oxygens (including phenoxy) is 1. The Morgan fingerprint density at radius 2 is 1.93 bits per heavy atom. The van der Waals surface area contributed by atoms with E-state index in [1.165, 1.54) is 12.1 Å². The van der Waals surface area contributed by atoms with Gasteiger partial charge in [0.2, 0.25) is 0 Å². The molecule has 9 nitrogen and oxygen atoms in total. The molecule has 27 heavy (non-hydrogen) atoms. The number of benzene rings is 1. The lowest BCUT2D eigenvalue weighted by molar-refractivity contribution is -0.730. The molecule has 0 saturated carbocycles. The van der Waals surface area contributed by atoms with Gasteiger partial charge in [-0.3, -0.25) is 10.1 Å². The minimum absolute atomic E-state index is 0.200. The molecule has 0 amide bonds. The summed E-state index contributed by atoms with van der Waals surface area (Å²) in [6, 6.07) is 7.54. The van der Waals surface area contributed by atoms with E-state index in [2.05, 4.69) is 0 Å². The van der Waals surface area contributed by atoms with Crippen LogP contribution in [0.15, 0.2) is 42.7 Å². The summed E-state index contributed by atoms with van der Waals surface area (Å²) < 4.78 is 7.18. The number of rotatable bonds is 11. The molecule has 1 heterocycles. The molecule has 0 saturated heterocycles. The van der Waals surface area contributed by atoms with Gasteiger partial charge >= 0.3 is 11.4 Å². The van der Waals surface area contributed by atoms with E-state index in [9.17, 15) is 15.0 Å². The molecule has 0 bridgehead atoms. The van der Waals surface area contributed by atoms with Crippen molar-refractivity contribution < 1.29 is 24.4 Å². The summed E-state index contributed by atoms with van der Waals surface area (Å²) in [7, 11) is 0. The van der Waals surface area contributed by atoms with Gasteiger partial charge in [0.15, 0.2) is 12.4 Å². The third-order valence-corrected chi connectivity index (χ3v) is 4.01. The van der Waals surface area contributed by atoms with E-state index in [1.54, 1.807) is 16.8 Å². The summed E-state index contributed by atoms with van der Waals surface area (Å²) in [6.45, 7) is 2.02. The first-order valence-corrected chi connectivity index (χ1v) is 8.76. The molecule has 0 radical (unpaired) electrons. The highest BCUT2D eigenvalue weighted by molar-refractivity contribution is 5.53. The van der Waals surface area contributed by atoms with Gasteiger partial charge in [0.25, 0.3) is 10.6 Å². The quantitative estimate of drug-likeness (QED) is 0.269. The molecule has 9 heteroatoms. The van der Waals surface area contributed by atoms with Crippen LogP contribution in [-0.4, -0.2) is 34.8 Å². The molecule has 0 atom stereocenters. The molecule has 0 aliphatic rings. The molecule has 3 N–H and O–H groups in total. The number of aryl methyl sites for hydroxylation is 1. The van der Waals surface area contributed by atoms with Gasteiger partial charge in [0, 0.05) is 37.0 Å². The smallest absolute Gasteiger partial charge is 0.347 e. The van der Waals surface area contributed by atoms with Crippen molar-refractivity contribution in [1.82, 2.24) is 0 Å². The Kier molecular flexibility index (Phi) is 7.78. The Bertz CT molecular complexity index is 797. The second-order valence-electron chi connectivity index (χ2n) is 6.03. The van der Waals surface area contributed by atoms with Gasteiger partial charge in [0.1, 0.15) is 6.07 Å². The van der Waals surface area contributed by atoms with Crippen molar-refractivity contribution in [3.63, 3.8) is 0 Å². The standard InChI is InChI=1S/C18H24N4O5/c19-9-1-2-11-27-12-4-6-15-5-3-10-20(14-15)17-8-7-16(21(23)24)13-18(17)22(25)26/h3,5,7-8,10,13-14H,1-2,4,6,9,11-12,19H2,(H,23,24)/q+2. The molecule has 1 aromatic heterocycles. The number of unbranched alkanes of at least 4 members (excludes halogenated alkanes) is 1. The number of aromatic nitrogens is 1. The van der Waals surface area contributed by atoms with Crippen LogP contribution in [0.3, 0.4) is 0 Å². The number of nitrogens with zero attached hydrogens (tertiary/aromatic N) is 3. The Hall–Kier alpha value is -2.91. The second-order valence-corrected chi connectivity index (χ2v) is 6.03. The molecule has 0 unspecified atom stereocenters. The summed E-state index contributed by atoms with van der Waals surface area (Å²) in [5, 5.41) is 20.3. The minimum Gasteiger partial charge on any atom is -0.381 e. The lowest BCUT2D eigenvalue weighted by Gasteiger charge is -2.04. The number of pyridine rings is 1. The van der Waals surface area contributed by atoms with Crippen molar-refractivity contribution >= 4 is 11.4 Å². The highest BCUT2D eigenvalue weighted by Crippen LogP contribution is 2.24. The van der Waals surface area contributed by atoms with Crippen LogP contribution < -0.4 is 10.3 Å². The lowest BCUT2D eigenvalue weighted by Crippen LogP contribution is -2.31. The molecule has 0 spiro atoms. The van der Waals surface area contributed by atoms with Gasteiger partial charge in [-0.2, -0.15) is 4.57 Å². The van der Waals surface area contributed by atoms with Crippen LogP contribution in [-0.2, 0) is 11.2 Å². The first-order chi connectivity index (χ1) is 13.0. The lowest BCUT2D eigenvalue weighted by atomic mass is 10.1. The Morgan fingerprint density at radius 1 is 1.15 bits per heavy atom. The van der Waals surface area contributed by atoms with Crippen molar-refractivity contribution in [3.8, 4) is 5.69 Å². The van der Waals surface area contributed by atoms with Gasteiger partial charge in [-0.15, -0.1) is 0 Å². The van der Waals surface area contributed by atoms with Crippen molar-refractivity contribution in [1.29, 1.82) is 0 Å². The predicted octanol–water partition coefficient (Wildman–Crippen LogP) is 2.36. The number of hydrogen-bond donors (Lipinski definition) is 2. The molecular formula is C18H24N4O5+2. The topological polar surface area (TPSA) is 123 Å². The third kappa shape index (κ3) is 6.08. The van der Waals surface area contributed by atoms with E-state index in [0.29, 0.717) is 25.4 Å². The van der Waals surface area contributed by atoms with Crippen molar-refractivity contribution in [2.24, 2.45) is 5.73 Å². The number of nitro benzene ring substituents is 1. The van der Waals surface area contributed by atoms with Crippen molar-refractivity contribution in [2.45, 2.75) is 25.7 Å². The van der Waals surface area contributed by atoms with E-state index in [-0.39, 0.29) is 11.4 Å². The maximum absolute atomic E-state index is 11.3. The average Bonchev–Trinajstić information content (AvgIpc) is 2.67. The first-order valence-electron chi connectivity index (χ1n) is 8.76. The maximum Gasteiger partial charge on any atom is 0.347 e. The van der Waals surface area contributed by atoms with Crippen LogP contribution in [0.5, 0.6) is 0 Å². The van der Waals surface area contributed by atoms with Crippen molar-refractivity contribution in [3.05, 3.63) is 63.3 Å². The van der Waals surface area contributed by atoms with E-state index in [1.807, 2.05) is 12.3 Å². The van der Waals surface area contributed by atoms with Crippen LogP contribution in [0.4, 0.5) is 11.4 Å². The second kappa shape index (κ2) is 10.3. The summed E-state index contributed by atoms with van der Waals surface area (Å²) in [6.07, 6.45) is 7.03. The van der Waals surface area contributed by atoms with Gasteiger partial charge in [-0.05, 0) is 38.3 Å². The van der Waals surface area contributed by atoms with Gasteiger partial charge < -0.3 is 10.5 Å². The molecule has 0 fully saturated rings. The summed E-state index contributed by atoms with van der Waals surface area (Å²) in [4.78, 5) is 21.3. The van der Waals surface area contributed by atoms with Crippen LogP contribution in [0.25, 0.3) is 5.69 Å². The van der Waals surface area contributed by atoms with Crippen molar-refractivity contribution in [2.75, 3.05) is 19.8 Å². The first kappa shape index (κ1) is 20.4. The zero-order chi connectivity index (χ0) is 19.6. The summed E-state index contributed by atoms with van der Waals surface area (Å²) >= 11 is 0. The maximum atomic E-state index is 11.3. The number of nitro groups is 1. The van der Waals surface area contributed by atoms with Gasteiger partial charge in [-0.1, -0.05) is 0 Å². The van der Waals surface area contributed by atoms with Gasteiger partial charge in [-0.25, -0.2) is 5.21 Å². The zero-order valence-corrected chi connectivity index (χ0v) is 15.0. The highest BCUT2D eigenvalue weighted by Gasteiger charge is 2.27. The number of nitrogens with two attached hydrogens (primary N) is 1. The van der Waals surface area contributed by atoms with Crippen LogP contribution in [0.2, 0.25) is 0 Å². The molecule has 0 aliphatic carbocycles. The van der Waals surface area contributed by atoms with E-state index >= 15 is 0 Å². The molecular weight excluding hydrogens is 352 g/mol. The molecule has 2 aromatic rings. The SMILES string of the molecule is NCCCCOCCCc1ccc[n+](-c2ccc([N+](=O)O)cc2[N+](=O)[O-])c1. The Morgan fingerprint density at radius 3 is 2.63 bits per heavy atom. The normalized spacial score (nSPS) is 10.7. The fourth-order valence-electron chi connectivity index (χ4n) is 2.65. The summed E-state index contributed by atoms with van der Waals surface area (Å²) in [5.41, 5.74) is 6.28. The molecule has 1 aromatic carbocycles. The van der Waals surface area contributed by atoms with E-state index in [0.717, 1.165) is 37.3 Å². The van der Waals surface area contributed by atoms with E-state index < -0.39 is 9.85 Å². The van der Waals surface area contributed by atoms with Gasteiger partial charge in [0.05, 0.1) is 9.83 Å².